The minimum absolute atomic E-state index is 0.794. The Morgan fingerprint density at radius 1 is 0.889 bits per heavy atom. The van der Waals surface area contributed by atoms with Crippen molar-refractivity contribution in [3.63, 3.8) is 0 Å². The van der Waals surface area contributed by atoms with Crippen molar-refractivity contribution in [2.24, 2.45) is 0 Å². The molecule has 0 aliphatic rings. The van der Waals surface area contributed by atoms with Crippen LogP contribution in [0.4, 0.5) is 0 Å². The fraction of sp³-hybridized carbons (Fsp3) is 0.0833. The van der Waals surface area contributed by atoms with Crippen molar-refractivity contribution in [2.75, 3.05) is 7.11 Å². The molecule has 5 rings (SSSR count). The van der Waals surface area contributed by atoms with Gasteiger partial charge in [-0.1, -0.05) is 48.5 Å². The third-order valence-electron chi connectivity index (χ3n) is 4.95. The van der Waals surface area contributed by atoms with E-state index in [2.05, 4.69) is 66.0 Å². The van der Waals surface area contributed by atoms with Gasteiger partial charge in [-0.2, -0.15) is 0 Å². The fourth-order valence-corrected chi connectivity index (χ4v) is 4.38. The van der Waals surface area contributed by atoms with Gasteiger partial charge < -0.3 is 9.15 Å². The summed E-state index contributed by atoms with van der Waals surface area (Å²) < 4.78 is 11.7. The van der Waals surface area contributed by atoms with Crippen LogP contribution in [0.2, 0.25) is 0 Å². The number of hydrogen-bond acceptors (Lipinski definition) is 3. The maximum absolute atomic E-state index is 6.37. The molecule has 0 N–H and O–H groups in total. The first-order chi connectivity index (χ1) is 13.3. The summed E-state index contributed by atoms with van der Waals surface area (Å²) in [6.07, 6.45) is 0.794. The van der Waals surface area contributed by atoms with Crippen molar-refractivity contribution in [1.29, 1.82) is 0 Å². The Hall–Kier alpha value is -3.04. The molecule has 0 spiro atoms. The normalized spacial score (nSPS) is 11.3. The van der Waals surface area contributed by atoms with Crippen molar-refractivity contribution in [1.82, 2.24) is 0 Å². The number of ether oxygens (including phenoxy) is 1. The number of benzene rings is 3. The van der Waals surface area contributed by atoms with Gasteiger partial charge in [-0.25, -0.2) is 0 Å². The number of thiophene rings is 1. The van der Waals surface area contributed by atoms with Gasteiger partial charge in [0.1, 0.15) is 17.1 Å². The molecule has 132 valence electrons. The van der Waals surface area contributed by atoms with E-state index in [0.717, 1.165) is 29.1 Å². The highest BCUT2D eigenvalue weighted by Gasteiger charge is 2.19. The van der Waals surface area contributed by atoms with Crippen LogP contribution in [-0.2, 0) is 6.42 Å². The fourth-order valence-electron chi connectivity index (χ4n) is 3.68. The zero-order valence-corrected chi connectivity index (χ0v) is 15.8. The predicted molar refractivity (Wildman–Crippen MR) is 113 cm³/mol. The van der Waals surface area contributed by atoms with Gasteiger partial charge >= 0.3 is 0 Å². The minimum atomic E-state index is 0.794. The first-order valence-corrected chi connectivity index (χ1v) is 9.81. The molecule has 0 aliphatic carbocycles. The lowest BCUT2D eigenvalue weighted by Gasteiger charge is -2.06. The van der Waals surface area contributed by atoms with Crippen LogP contribution >= 0.6 is 11.3 Å². The van der Waals surface area contributed by atoms with Crippen LogP contribution in [0.1, 0.15) is 10.6 Å². The lowest BCUT2D eigenvalue weighted by Crippen LogP contribution is -1.88. The molecule has 0 fully saturated rings. The second-order valence-corrected chi connectivity index (χ2v) is 7.58. The molecule has 0 saturated carbocycles. The van der Waals surface area contributed by atoms with Crippen molar-refractivity contribution < 1.29 is 9.15 Å². The van der Waals surface area contributed by atoms with E-state index >= 15 is 0 Å². The zero-order valence-electron chi connectivity index (χ0n) is 14.9. The molecule has 3 heteroatoms. The lowest BCUT2D eigenvalue weighted by molar-refractivity contribution is 0.415. The zero-order chi connectivity index (χ0) is 18.2. The molecule has 0 unspecified atom stereocenters. The molecular formula is C24H18O2S. The summed E-state index contributed by atoms with van der Waals surface area (Å²) in [5.74, 6) is 1.87. The van der Waals surface area contributed by atoms with E-state index < -0.39 is 0 Å². The summed E-state index contributed by atoms with van der Waals surface area (Å²) >= 11 is 1.76. The van der Waals surface area contributed by atoms with Gasteiger partial charge in [0, 0.05) is 22.2 Å². The Morgan fingerprint density at radius 2 is 1.74 bits per heavy atom. The number of hydrogen-bond donors (Lipinski definition) is 0. The summed E-state index contributed by atoms with van der Waals surface area (Å²) in [5.41, 5.74) is 3.27. The largest absolute Gasteiger partial charge is 0.497 e. The molecule has 0 atom stereocenters. The van der Waals surface area contributed by atoms with Crippen molar-refractivity contribution in [3.05, 3.63) is 88.8 Å². The SMILES string of the molecule is COc1ccc(-c2c(Cc3cccs3)oc3ccc4ccccc4c23)cc1. The van der Waals surface area contributed by atoms with Gasteiger partial charge in [0.05, 0.1) is 7.11 Å². The van der Waals surface area contributed by atoms with Gasteiger partial charge in [-0.3, -0.25) is 0 Å². The Bertz CT molecular complexity index is 1210. The quantitative estimate of drug-likeness (QED) is 0.343. The third-order valence-corrected chi connectivity index (χ3v) is 5.82. The number of rotatable bonds is 4. The first-order valence-electron chi connectivity index (χ1n) is 8.93. The van der Waals surface area contributed by atoms with E-state index in [1.807, 2.05) is 12.1 Å². The summed E-state index contributed by atoms with van der Waals surface area (Å²) in [6.45, 7) is 0. The van der Waals surface area contributed by atoms with Gasteiger partial charge in [0.15, 0.2) is 0 Å². The van der Waals surface area contributed by atoms with Crippen LogP contribution in [0.5, 0.6) is 5.75 Å². The van der Waals surface area contributed by atoms with Crippen LogP contribution < -0.4 is 4.74 Å². The average Bonchev–Trinajstić information content (AvgIpc) is 3.36. The van der Waals surface area contributed by atoms with Crippen molar-refractivity contribution in [3.8, 4) is 16.9 Å². The third kappa shape index (κ3) is 2.81. The van der Waals surface area contributed by atoms with Crippen LogP contribution in [0.15, 0.2) is 82.6 Å². The van der Waals surface area contributed by atoms with Crippen LogP contribution in [-0.4, -0.2) is 7.11 Å². The van der Waals surface area contributed by atoms with Gasteiger partial charge in [-0.15, -0.1) is 11.3 Å². The molecule has 27 heavy (non-hydrogen) atoms. The maximum Gasteiger partial charge on any atom is 0.135 e. The van der Waals surface area contributed by atoms with Crippen molar-refractivity contribution in [2.45, 2.75) is 6.42 Å². The number of furan rings is 1. The summed E-state index contributed by atoms with van der Waals surface area (Å²) in [4.78, 5) is 1.30. The standard InChI is InChI=1S/C24H18O2S/c1-25-18-11-8-17(9-12-18)23-22(15-19-6-4-14-27-19)26-21-13-10-16-5-2-3-7-20(16)24(21)23/h2-14H,15H2,1H3. The lowest BCUT2D eigenvalue weighted by atomic mass is 9.96. The van der Waals surface area contributed by atoms with Crippen LogP contribution in [0.25, 0.3) is 32.9 Å². The number of methoxy groups -OCH3 is 1. The summed E-state index contributed by atoms with van der Waals surface area (Å²) in [6, 6.07) is 25.2. The van der Waals surface area contributed by atoms with Crippen LogP contribution in [0.3, 0.4) is 0 Å². The number of fused-ring (bicyclic) bond motifs is 3. The Morgan fingerprint density at radius 3 is 2.52 bits per heavy atom. The van der Waals surface area contributed by atoms with E-state index in [-0.39, 0.29) is 0 Å². The highest BCUT2D eigenvalue weighted by molar-refractivity contribution is 7.09. The Kier molecular flexibility index (Phi) is 3.95. The molecule has 2 nitrogen and oxygen atoms in total. The second-order valence-electron chi connectivity index (χ2n) is 6.54. The molecule has 2 heterocycles. The van der Waals surface area contributed by atoms with E-state index in [1.54, 1.807) is 18.4 Å². The van der Waals surface area contributed by atoms with E-state index in [1.165, 1.54) is 26.6 Å². The smallest absolute Gasteiger partial charge is 0.135 e. The van der Waals surface area contributed by atoms with E-state index in [9.17, 15) is 0 Å². The Labute approximate surface area is 161 Å². The average molecular weight is 370 g/mol. The molecule has 0 aliphatic heterocycles. The van der Waals surface area contributed by atoms with Gasteiger partial charge in [-0.05, 0) is 46.0 Å². The molecule has 3 aromatic carbocycles. The van der Waals surface area contributed by atoms with Gasteiger partial charge in [0.25, 0.3) is 0 Å². The highest BCUT2D eigenvalue weighted by Crippen LogP contribution is 2.40. The summed E-state index contributed by atoms with van der Waals surface area (Å²) in [5, 5.41) is 5.75. The van der Waals surface area contributed by atoms with E-state index in [0.29, 0.717) is 0 Å². The molecular weight excluding hydrogens is 352 g/mol. The molecule has 0 amide bonds. The molecule has 0 bridgehead atoms. The summed E-state index contributed by atoms with van der Waals surface area (Å²) in [7, 11) is 1.69. The second kappa shape index (κ2) is 6.60. The molecule has 5 aromatic rings. The van der Waals surface area contributed by atoms with Crippen LogP contribution in [0, 0.1) is 0 Å². The van der Waals surface area contributed by atoms with Crippen molar-refractivity contribution >= 4 is 33.1 Å². The molecule has 0 radical (unpaired) electrons. The topological polar surface area (TPSA) is 22.4 Å². The monoisotopic (exact) mass is 370 g/mol. The first kappa shape index (κ1) is 16.2. The Balaban J connectivity index is 1.80. The van der Waals surface area contributed by atoms with Gasteiger partial charge in [0.2, 0.25) is 0 Å². The molecule has 0 saturated heterocycles. The minimum Gasteiger partial charge on any atom is -0.497 e. The predicted octanol–water partition coefficient (Wildman–Crippen LogP) is 6.91. The highest BCUT2D eigenvalue weighted by atomic mass is 32.1. The maximum atomic E-state index is 6.37. The molecule has 2 aromatic heterocycles. The van der Waals surface area contributed by atoms with E-state index in [4.69, 9.17) is 9.15 Å².